The van der Waals surface area contributed by atoms with Crippen molar-refractivity contribution in [2.75, 3.05) is 7.05 Å². The SMILES string of the molecule is CNC(Cc1ccsc1)c1csc(C)c1. The van der Waals surface area contributed by atoms with E-state index >= 15 is 0 Å². The van der Waals surface area contributed by atoms with Crippen molar-refractivity contribution < 1.29 is 0 Å². The van der Waals surface area contributed by atoms with Crippen molar-refractivity contribution in [2.45, 2.75) is 19.4 Å². The Balaban J connectivity index is 2.11. The molecule has 15 heavy (non-hydrogen) atoms. The van der Waals surface area contributed by atoms with Gasteiger partial charge >= 0.3 is 0 Å². The van der Waals surface area contributed by atoms with Gasteiger partial charge in [-0.3, -0.25) is 0 Å². The second kappa shape index (κ2) is 4.92. The summed E-state index contributed by atoms with van der Waals surface area (Å²) in [5, 5.41) is 10.00. The number of aryl methyl sites for hydroxylation is 1. The van der Waals surface area contributed by atoms with Crippen molar-refractivity contribution in [1.82, 2.24) is 5.32 Å². The molecule has 0 saturated carbocycles. The third kappa shape index (κ3) is 2.68. The average Bonchev–Trinajstić information content (AvgIpc) is 2.85. The number of hydrogen-bond acceptors (Lipinski definition) is 3. The number of hydrogen-bond donors (Lipinski definition) is 1. The molecule has 3 heteroatoms. The molecule has 0 amide bonds. The molecule has 0 aliphatic rings. The fourth-order valence-corrected chi connectivity index (χ4v) is 3.12. The Hall–Kier alpha value is -0.640. The van der Waals surface area contributed by atoms with Crippen LogP contribution in [0.15, 0.2) is 28.3 Å². The second-order valence-electron chi connectivity index (χ2n) is 3.67. The zero-order valence-corrected chi connectivity index (χ0v) is 10.6. The molecule has 0 aliphatic carbocycles. The molecule has 0 aromatic carbocycles. The number of nitrogens with one attached hydrogen (secondary N) is 1. The summed E-state index contributed by atoms with van der Waals surface area (Å²) in [4.78, 5) is 1.38. The Labute approximate surface area is 98.8 Å². The lowest BCUT2D eigenvalue weighted by atomic mass is 10.0. The van der Waals surface area contributed by atoms with Crippen LogP contribution in [0.3, 0.4) is 0 Å². The quantitative estimate of drug-likeness (QED) is 0.856. The minimum absolute atomic E-state index is 0.449. The highest BCUT2D eigenvalue weighted by Gasteiger charge is 2.11. The molecule has 0 bridgehead atoms. The van der Waals surface area contributed by atoms with E-state index in [1.807, 2.05) is 18.4 Å². The van der Waals surface area contributed by atoms with E-state index in [0.717, 1.165) is 6.42 Å². The monoisotopic (exact) mass is 237 g/mol. The molecule has 1 N–H and O–H groups in total. The van der Waals surface area contributed by atoms with Crippen LogP contribution in [0.4, 0.5) is 0 Å². The molecule has 1 atom stereocenters. The van der Waals surface area contributed by atoms with Crippen molar-refractivity contribution in [2.24, 2.45) is 0 Å². The van der Waals surface area contributed by atoms with Gasteiger partial charge in [-0.25, -0.2) is 0 Å². The van der Waals surface area contributed by atoms with Gasteiger partial charge in [0.05, 0.1) is 0 Å². The Morgan fingerprint density at radius 1 is 1.40 bits per heavy atom. The van der Waals surface area contributed by atoms with Crippen LogP contribution in [0, 0.1) is 6.92 Å². The predicted octanol–water partition coefficient (Wildman–Crippen LogP) is 3.62. The molecule has 1 unspecified atom stereocenters. The first kappa shape index (κ1) is 10.9. The highest BCUT2D eigenvalue weighted by atomic mass is 32.1. The summed E-state index contributed by atoms with van der Waals surface area (Å²) in [6.45, 7) is 2.16. The molecule has 0 spiro atoms. The molecule has 0 saturated heterocycles. The lowest BCUT2D eigenvalue weighted by molar-refractivity contribution is 0.594. The van der Waals surface area contributed by atoms with Crippen LogP contribution in [-0.4, -0.2) is 7.05 Å². The van der Waals surface area contributed by atoms with Gasteiger partial charge in [-0.05, 0) is 59.8 Å². The van der Waals surface area contributed by atoms with Gasteiger partial charge in [0.2, 0.25) is 0 Å². The fourth-order valence-electron chi connectivity index (χ4n) is 1.68. The smallest absolute Gasteiger partial charge is 0.0367 e. The predicted molar refractivity (Wildman–Crippen MR) is 68.9 cm³/mol. The molecule has 1 nitrogen and oxygen atoms in total. The first-order chi connectivity index (χ1) is 7.29. The lowest BCUT2D eigenvalue weighted by Crippen LogP contribution is -2.17. The van der Waals surface area contributed by atoms with E-state index in [-0.39, 0.29) is 0 Å². The van der Waals surface area contributed by atoms with Crippen molar-refractivity contribution in [1.29, 1.82) is 0 Å². The maximum atomic E-state index is 3.38. The van der Waals surface area contributed by atoms with E-state index in [4.69, 9.17) is 0 Å². The third-order valence-electron chi connectivity index (χ3n) is 2.52. The van der Waals surface area contributed by atoms with Crippen LogP contribution in [-0.2, 0) is 6.42 Å². The van der Waals surface area contributed by atoms with Crippen molar-refractivity contribution in [3.05, 3.63) is 44.3 Å². The summed E-state index contributed by atoms with van der Waals surface area (Å²) < 4.78 is 0. The minimum Gasteiger partial charge on any atom is -0.313 e. The third-order valence-corrected chi connectivity index (χ3v) is 4.13. The van der Waals surface area contributed by atoms with Crippen molar-refractivity contribution >= 4 is 22.7 Å². The van der Waals surface area contributed by atoms with Crippen LogP contribution in [0.2, 0.25) is 0 Å². The molecular formula is C12H15NS2. The van der Waals surface area contributed by atoms with Gasteiger partial charge in [-0.1, -0.05) is 0 Å². The van der Waals surface area contributed by atoms with Gasteiger partial charge < -0.3 is 5.32 Å². The number of rotatable bonds is 4. The Kier molecular flexibility index (Phi) is 3.57. The first-order valence-corrected chi connectivity index (χ1v) is 6.85. The normalized spacial score (nSPS) is 12.9. The van der Waals surface area contributed by atoms with Crippen molar-refractivity contribution in [3.63, 3.8) is 0 Å². The molecule has 2 heterocycles. The topological polar surface area (TPSA) is 12.0 Å². The Morgan fingerprint density at radius 3 is 2.80 bits per heavy atom. The number of thiophene rings is 2. The van der Waals surface area contributed by atoms with Gasteiger partial charge in [0.25, 0.3) is 0 Å². The number of likely N-dealkylation sites (N-methyl/N-ethyl adjacent to an activating group) is 1. The van der Waals surface area contributed by atoms with E-state index in [1.165, 1.54) is 16.0 Å². The van der Waals surface area contributed by atoms with Crippen LogP contribution in [0.1, 0.15) is 22.0 Å². The summed E-state index contributed by atoms with van der Waals surface area (Å²) in [5.74, 6) is 0. The first-order valence-electron chi connectivity index (χ1n) is 5.03. The van der Waals surface area contributed by atoms with E-state index in [0.29, 0.717) is 6.04 Å². The molecule has 2 aromatic heterocycles. The molecule has 2 aromatic rings. The maximum Gasteiger partial charge on any atom is 0.0367 e. The van der Waals surface area contributed by atoms with Gasteiger partial charge in [0.1, 0.15) is 0 Å². The maximum absolute atomic E-state index is 3.38. The van der Waals surface area contributed by atoms with Gasteiger partial charge in [0, 0.05) is 10.9 Å². The zero-order chi connectivity index (χ0) is 10.7. The van der Waals surface area contributed by atoms with Gasteiger partial charge in [0.15, 0.2) is 0 Å². The molecule has 0 radical (unpaired) electrons. The molecule has 0 aliphatic heterocycles. The van der Waals surface area contributed by atoms with E-state index < -0.39 is 0 Å². The molecular weight excluding hydrogens is 222 g/mol. The zero-order valence-electron chi connectivity index (χ0n) is 8.99. The molecule has 0 fully saturated rings. The van der Waals surface area contributed by atoms with Crippen LogP contribution < -0.4 is 5.32 Å². The van der Waals surface area contributed by atoms with Gasteiger partial charge in [-0.15, -0.1) is 11.3 Å². The van der Waals surface area contributed by atoms with Crippen LogP contribution in [0.25, 0.3) is 0 Å². The summed E-state index contributed by atoms with van der Waals surface area (Å²) in [6.07, 6.45) is 1.08. The summed E-state index contributed by atoms with van der Waals surface area (Å²) in [5.41, 5.74) is 2.83. The second-order valence-corrected chi connectivity index (χ2v) is 5.56. The van der Waals surface area contributed by atoms with Crippen LogP contribution >= 0.6 is 22.7 Å². The minimum atomic E-state index is 0.449. The average molecular weight is 237 g/mol. The van der Waals surface area contributed by atoms with E-state index in [9.17, 15) is 0 Å². The lowest BCUT2D eigenvalue weighted by Gasteiger charge is -2.13. The largest absolute Gasteiger partial charge is 0.313 e. The van der Waals surface area contributed by atoms with Crippen molar-refractivity contribution in [3.8, 4) is 0 Å². The summed E-state index contributed by atoms with van der Waals surface area (Å²) >= 11 is 3.59. The highest BCUT2D eigenvalue weighted by Crippen LogP contribution is 2.23. The van der Waals surface area contributed by atoms with E-state index in [2.05, 4.69) is 40.5 Å². The van der Waals surface area contributed by atoms with Gasteiger partial charge in [-0.2, -0.15) is 11.3 Å². The Bertz CT molecular complexity index is 403. The molecule has 2 rings (SSSR count). The van der Waals surface area contributed by atoms with E-state index in [1.54, 1.807) is 11.3 Å². The highest BCUT2D eigenvalue weighted by molar-refractivity contribution is 7.10. The summed E-state index contributed by atoms with van der Waals surface area (Å²) in [7, 11) is 2.03. The summed E-state index contributed by atoms with van der Waals surface area (Å²) in [6, 6.07) is 4.93. The Morgan fingerprint density at radius 2 is 2.27 bits per heavy atom. The standard InChI is InChI=1S/C12H15NS2/c1-9-5-11(8-15-9)12(13-2)6-10-3-4-14-7-10/h3-5,7-8,12-13H,6H2,1-2H3. The molecule has 80 valence electrons. The fraction of sp³-hybridized carbons (Fsp3) is 0.333. The van der Waals surface area contributed by atoms with Crippen LogP contribution in [0.5, 0.6) is 0 Å².